The molecule has 25 heavy (non-hydrogen) atoms. The molecule has 0 saturated carbocycles. The van der Waals surface area contributed by atoms with Gasteiger partial charge in [0.25, 0.3) is 0 Å². The van der Waals surface area contributed by atoms with Gasteiger partial charge in [0.1, 0.15) is 11.3 Å². The molecule has 0 fully saturated rings. The fourth-order valence-electron chi connectivity index (χ4n) is 2.37. The summed E-state index contributed by atoms with van der Waals surface area (Å²) in [7, 11) is -3.37. The van der Waals surface area contributed by atoms with Gasteiger partial charge in [-0.25, -0.2) is 13.2 Å². The van der Waals surface area contributed by atoms with Crippen LogP contribution in [0.1, 0.15) is 16.1 Å². The third kappa shape index (κ3) is 4.29. The minimum atomic E-state index is -3.37. The Morgan fingerprint density at radius 3 is 2.72 bits per heavy atom. The molecule has 130 valence electrons. The Hall–Kier alpha value is -2.12. The Morgan fingerprint density at radius 2 is 1.96 bits per heavy atom. The zero-order valence-corrected chi connectivity index (χ0v) is 15.8. The summed E-state index contributed by atoms with van der Waals surface area (Å²) in [6.07, 6.45) is 1.53. The second kappa shape index (κ2) is 7.01. The maximum atomic E-state index is 12.1. The van der Waals surface area contributed by atoms with Crippen molar-refractivity contribution in [3.8, 4) is 0 Å². The first-order valence-electron chi connectivity index (χ1n) is 7.48. The van der Waals surface area contributed by atoms with Gasteiger partial charge >= 0.3 is 5.97 Å². The van der Waals surface area contributed by atoms with E-state index in [9.17, 15) is 13.2 Å². The number of halogens is 1. The monoisotopic (exact) mass is 422 g/mol. The van der Waals surface area contributed by atoms with Gasteiger partial charge in [-0.3, -0.25) is 0 Å². The van der Waals surface area contributed by atoms with Gasteiger partial charge in [0.2, 0.25) is 0 Å². The van der Waals surface area contributed by atoms with E-state index in [1.807, 2.05) is 24.3 Å². The maximum Gasteiger partial charge on any atom is 0.338 e. The van der Waals surface area contributed by atoms with Crippen molar-refractivity contribution in [1.29, 1.82) is 0 Å². The summed E-state index contributed by atoms with van der Waals surface area (Å²) in [6.45, 7) is 0.142. The van der Waals surface area contributed by atoms with Crippen LogP contribution >= 0.6 is 15.9 Å². The molecule has 0 bridgehead atoms. The van der Waals surface area contributed by atoms with Crippen LogP contribution in [0.4, 0.5) is 0 Å². The van der Waals surface area contributed by atoms with E-state index >= 15 is 0 Å². The summed E-state index contributed by atoms with van der Waals surface area (Å²) in [4.78, 5) is 12.2. The normalized spacial score (nSPS) is 11.6. The zero-order chi connectivity index (χ0) is 18.0. The van der Waals surface area contributed by atoms with Gasteiger partial charge in [-0.1, -0.05) is 22.0 Å². The predicted molar refractivity (Wildman–Crippen MR) is 97.5 cm³/mol. The summed E-state index contributed by atoms with van der Waals surface area (Å²) in [5.74, 6) is 0.148. The topological polar surface area (TPSA) is 73.6 Å². The summed E-state index contributed by atoms with van der Waals surface area (Å²) in [5.41, 5.74) is 0.974. The van der Waals surface area contributed by atoms with Gasteiger partial charge in [0.15, 0.2) is 9.84 Å². The zero-order valence-electron chi connectivity index (χ0n) is 13.4. The van der Waals surface area contributed by atoms with Crippen LogP contribution in [0.5, 0.6) is 0 Å². The second-order valence-corrected chi connectivity index (χ2v) is 8.51. The third-order valence-electron chi connectivity index (χ3n) is 3.61. The lowest BCUT2D eigenvalue weighted by Crippen LogP contribution is -2.09. The minimum Gasteiger partial charge on any atom is -0.462 e. The molecule has 3 rings (SSSR count). The number of rotatable bonds is 5. The molecule has 2 aromatic carbocycles. The van der Waals surface area contributed by atoms with Crippen LogP contribution in [0.2, 0.25) is 0 Å². The highest BCUT2D eigenvalue weighted by molar-refractivity contribution is 9.10. The highest BCUT2D eigenvalue weighted by Crippen LogP contribution is 2.23. The molecule has 3 aromatic rings. The summed E-state index contributed by atoms with van der Waals surface area (Å²) < 4.78 is 35.0. The van der Waals surface area contributed by atoms with Crippen LogP contribution in [-0.2, 0) is 21.0 Å². The third-order valence-corrected chi connectivity index (χ3v) is 5.21. The molecular formula is C18H15BrO5S. The van der Waals surface area contributed by atoms with Crippen LogP contribution in [0.15, 0.2) is 62.3 Å². The molecule has 5 nitrogen and oxygen atoms in total. The van der Waals surface area contributed by atoms with E-state index in [4.69, 9.17) is 9.15 Å². The first-order chi connectivity index (χ1) is 11.8. The molecule has 1 aromatic heterocycles. The van der Waals surface area contributed by atoms with E-state index < -0.39 is 15.8 Å². The molecule has 7 heteroatoms. The largest absolute Gasteiger partial charge is 0.462 e. The van der Waals surface area contributed by atoms with Crippen molar-refractivity contribution in [3.05, 3.63) is 64.3 Å². The number of sulfone groups is 1. The van der Waals surface area contributed by atoms with Gasteiger partial charge in [-0.2, -0.15) is 0 Å². The molecule has 0 aliphatic carbocycles. The molecule has 0 radical (unpaired) electrons. The molecule has 1 heterocycles. The lowest BCUT2D eigenvalue weighted by molar-refractivity contribution is 0.0505. The Labute approximate surface area is 153 Å². The Morgan fingerprint density at radius 1 is 1.16 bits per heavy atom. The van der Waals surface area contributed by atoms with Gasteiger partial charge in [-0.05, 0) is 42.5 Å². The molecular weight excluding hydrogens is 408 g/mol. The van der Waals surface area contributed by atoms with Crippen molar-refractivity contribution < 1.29 is 22.4 Å². The van der Waals surface area contributed by atoms with E-state index in [0.29, 0.717) is 12.2 Å². The SMILES string of the molecule is CS(=O)(=O)c1cccc(C(=O)OCCc2cc3cc(Br)ccc3o2)c1. The number of carbonyl (C=O) groups excluding carboxylic acids is 1. The molecule has 0 amide bonds. The first kappa shape index (κ1) is 17.7. The number of ether oxygens (including phenoxy) is 1. The number of benzene rings is 2. The molecule has 0 atom stereocenters. The Balaban J connectivity index is 1.64. The first-order valence-corrected chi connectivity index (χ1v) is 10.2. The smallest absolute Gasteiger partial charge is 0.338 e. The van der Waals surface area contributed by atoms with Gasteiger partial charge in [0.05, 0.1) is 17.1 Å². The van der Waals surface area contributed by atoms with Crippen molar-refractivity contribution >= 4 is 42.7 Å². The fraction of sp³-hybridized carbons (Fsp3) is 0.167. The Bertz CT molecular complexity index is 1040. The van der Waals surface area contributed by atoms with Crippen molar-refractivity contribution in [2.45, 2.75) is 11.3 Å². The number of furan rings is 1. The van der Waals surface area contributed by atoms with Crippen LogP contribution < -0.4 is 0 Å². The van der Waals surface area contributed by atoms with Gasteiger partial charge in [0, 0.05) is 22.5 Å². The summed E-state index contributed by atoms with van der Waals surface area (Å²) in [5, 5.41) is 0.969. The standard InChI is InChI=1S/C18H15BrO5S/c1-25(21,22)16-4-2-3-12(11-16)18(20)23-8-7-15-10-13-9-14(19)5-6-17(13)24-15/h2-6,9-11H,7-8H2,1H3. The summed E-state index contributed by atoms with van der Waals surface area (Å²) >= 11 is 3.41. The van der Waals surface area contributed by atoms with Gasteiger partial charge in [-0.15, -0.1) is 0 Å². The fourth-order valence-corrected chi connectivity index (χ4v) is 3.42. The average Bonchev–Trinajstić information content (AvgIpc) is 2.96. The lowest BCUT2D eigenvalue weighted by Gasteiger charge is -2.05. The van der Waals surface area contributed by atoms with Crippen LogP contribution in [0.25, 0.3) is 11.0 Å². The number of fused-ring (bicyclic) bond motifs is 1. The van der Waals surface area contributed by atoms with E-state index in [0.717, 1.165) is 21.7 Å². The second-order valence-electron chi connectivity index (χ2n) is 5.58. The molecule has 0 N–H and O–H groups in total. The number of carbonyl (C=O) groups is 1. The van der Waals surface area contributed by atoms with Crippen molar-refractivity contribution in [1.82, 2.24) is 0 Å². The quantitative estimate of drug-likeness (QED) is 0.580. The highest BCUT2D eigenvalue weighted by atomic mass is 79.9. The molecule has 0 aliphatic heterocycles. The van der Waals surface area contributed by atoms with Crippen LogP contribution in [-0.4, -0.2) is 27.2 Å². The van der Waals surface area contributed by atoms with E-state index in [2.05, 4.69) is 15.9 Å². The number of hydrogen-bond donors (Lipinski definition) is 0. The van der Waals surface area contributed by atoms with Crippen molar-refractivity contribution in [2.75, 3.05) is 12.9 Å². The number of esters is 1. The van der Waals surface area contributed by atoms with Crippen molar-refractivity contribution in [3.63, 3.8) is 0 Å². The van der Waals surface area contributed by atoms with Gasteiger partial charge < -0.3 is 9.15 Å². The summed E-state index contributed by atoms with van der Waals surface area (Å²) in [6, 6.07) is 13.4. The highest BCUT2D eigenvalue weighted by Gasteiger charge is 2.13. The van der Waals surface area contributed by atoms with Crippen LogP contribution in [0.3, 0.4) is 0 Å². The predicted octanol–water partition coefficient (Wildman–Crippen LogP) is 4.00. The number of hydrogen-bond acceptors (Lipinski definition) is 5. The molecule has 0 unspecified atom stereocenters. The molecule has 0 aliphatic rings. The average molecular weight is 423 g/mol. The minimum absolute atomic E-state index is 0.0878. The van der Waals surface area contributed by atoms with E-state index in [1.165, 1.54) is 24.3 Å². The molecule has 0 saturated heterocycles. The van der Waals surface area contributed by atoms with E-state index in [1.54, 1.807) is 0 Å². The maximum absolute atomic E-state index is 12.1. The molecule has 0 spiro atoms. The Kier molecular flexibility index (Phi) is 4.96. The van der Waals surface area contributed by atoms with Crippen molar-refractivity contribution in [2.24, 2.45) is 0 Å². The van der Waals surface area contributed by atoms with E-state index in [-0.39, 0.29) is 17.1 Å². The lowest BCUT2D eigenvalue weighted by atomic mass is 10.2. The van der Waals surface area contributed by atoms with Crippen LogP contribution in [0, 0.1) is 0 Å².